The molecule has 0 fully saturated rings. The van der Waals surface area contributed by atoms with E-state index in [9.17, 15) is 13.2 Å². The van der Waals surface area contributed by atoms with Crippen molar-refractivity contribution in [2.75, 3.05) is 13.7 Å². The Morgan fingerprint density at radius 1 is 0.957 bits per heavy atom. The normalized spacial score (nSPS) is 13.8. The monoisotopic (exact) mass is 342 g/mol. The van der Waals surface area contributed by atoms with Gasteiger partial charge in [-0.15, -0.1) is 0 Å². The second-order valence-corrected chi connectivity index (χ2v) is 7.37. The van der Waals surface area contributed by atoms with Gasteiger partial charge < -0.3 is 13.3 Å². The van der Waals surface area contributed by atoms with Gasteiger partial charge in [0.2, 0.25) is 0 Å². The van der Waals surface area contributed by atoms with Crippen molar-refractivity contribution >= 4 is 14.0 Å². The summed E-state index contributed by atoms with van der Waals surface area (Å²) in [5, 5.41) is 0.673. The zero-order valence-electron chi connectivity index (χ0n) is 12.8. The maximum atomic E-state index is 13.8. The van der Waals surface area contributed by atoms with E-state index in [-0.39, 0.29) is 5.56 Å². The second kappa shape index (κ2) is 7.74. The van der Waals surface area contributed by atoms with E-state index in [1.165, 1.54) is 7.11 Å². The van der Waals surface area contributed by atoms with Gasteiger partial charge in [-0.05, 0) is 6.92 Å². The smallest absolute Gasteiger partial charge is 0.373 e. The van der Waals surface area contributed by atoms with Gasteiger partial charge in [-0.3, -0.25) is 0 Å². The van der Waals surface area contributed by atoms with Crippen molar-refractivity contribution in [1.29, 1.82) is 0 Å². The topological polar surface area (TPSA) is 27.7 Å². The lowest BCUT2D eigenvalue weighted by molar-refractivity contribution is 0.0882. The first-order valence-corrected chi connectivity index (χ1v) is 8.77. The van der Waals surface area contributed by atoms with Gasteiger partial charge in [0, 0.05) is 36.6 Å². The van der Waals surface area contributed by atoms with Crippen LogP contribution in [0.25, 0.3) is 0 Å². The van der Waals surface area contributed by atoms with E-state index in [4.69, 9.17) is 13.3 Å². The van der Waals surface area contributed by atoms with Gasteiger partial charge in [0.25, 0.3) is 0 Å². The molecule has 3 nitrogen and oxygen atoms in total. The fraction of sp³-hybridized carbons (Fsp3) is 0.250. The Morgan fingerprint density at radius 3 is 2.09 bits per heavy atom. The van der Waals surface area contributed by atoms with Gasteiger partial charge in [-0.2, -0.15) is 0 Å². The second-order valence-electron chi connectivity index (χ2n) is 4.70. The first-order valence-electron chi connectivity index (χ1n) is 7.04. The third-order valence-corrected chi connectivity index (χ3v) is 6.01. The van der Waals surface area contributed by atoms with Crippen molar-refractivity contribution in [3.8, 4) is 0 Å². The molecule has 2 rings (SSSR count). The summed E-state index contributed by atoms with van der Waals surface area (Å²) in [4.78, 5) is 0. The van der Waals surface area contributed by atoms with E-state index in [2.05, 4.69) is 0 Å². The number of hydrogen-bond donors (Lipinski definition) is 0. The van der Waals surface area contributed by atoms with E-state index in [1.807, 2.05) is 6.07 Å². The van der Waals surface area contributed by atoms with Gasteiger partial charge in [0.15, 0.2) is 0 Å². The number of rotatable bonds is 7. The van der Waals surface area contributed by atoms with Crippen LogP contribution in [0.1, 0.15) is 12.5 Å². The lowest BCUT2D eigenvalue weighted by atomic mass is 10.2. The third kappa shape index (κ3) is 4.00. The van der Waals surface area contributed by atoms with Crippen LogP contribution < -0.4 is 5.19 Å². The van der Waals surface area contributed by atoms with Crippen LogP contribution in [-0.2, 0) is 19.9 Å². The van der Waals surface area contributed by atoms with Crippen LogP contribution >= 0.6 is 0 Å². The van der Waals surface area contributed by atoms with Gasteiger partial charge >= 0.3 is 8.80 Å². The van der Waals surface area contributed by atoms with E-state index in [0.29, 0.717) is 23.9 Å². The minimum absolute atomic E-state index is 0.309. The fourth-order valence-electron chi connectivity index (χ4n) is 2.15. The average Bonchev–Trinajstić information content (AvgIpc) is 2.53. The Labute approximate surface area is 134 Å². The molecule has 7 heteroatoms. The standard InChI is InChI=1S/C16H17F3O3Si/c1-3-21-23(20-2,13-7-5-4-6-8-13)22-11-14-15(18)9-12(17)10-16(14)19/h4-10H,3,11H2,1-2H3. The molecule has 0 bridgehead atoms. The molecule has 124 valence electrons. The van der Waals surface area contributed by atoms with E-state index in [0.717, 1.165) is 0 Å². The number of halogens is 3. The molecule has 2 aromatic carbocycles. The molecular weight excluding hydrogens is 325 g/mol. The average molecular weight is 342 g/mol. The molecule has 23 heavy (non-hydrogen) atoms. The molecule has 1 unspecified atom stereocenters. The molecule has 0 aliphatic heterocycles. The summed E-state index contributed by atoms with van der Waals surface area (Å²) in [5.74, 6) is -3.00. The molecule has 0 amide bonds. The fourth-order valence-corrected chi connectivity index (χ4v) is 4.36. The third-order valence-electron chi connectivity index (χ3n) is 3.24. The minimum atomic E-state index is -3.31. The summed E-state index contributed by atoms with van der Waals surface area (Å²) < 4.78 is 57.3. The maximum Gasteiger partial charge on any atom is 0.537 e. The Bertz CT molecular complexity index is 631. The number of hydrogen-bond acceptors (Lipinski definition) is 3. The van der Waals surface area contributed by atoms with Crippen LogP contribution in [0, 0.1) is 17.5 Å². The van der Waals surface area contributed by atoms with Gasteiger partial charge in [-0.25, -0.2) is 13.2 Å². The highest BCUT2D eigenvalue weighted by Gasteiger charge is 2.43. The molecular formula is C16H17F3O3Si. The van der Waals surface area contributed by atoms with Gasteiger partial charge in [0.05, 0.1) is 6.61 Å². The minimum Gasteiger partial charge on any atom is -0.373 e. The SMILES string of the molecule is CCO[Si](OC)(OCc1c(F)cc(F)cc1F)c1ccccc1. The summed E-state index contributed by atoms with van der Waals surface area (Å²) in [6.45, 7) is 1.66. The number of benzene rings is 2. The van der Waals surface area contributed by atoms with Crippen molar-refractivity contribution in [3.05, 3.63) is 65.5 Å². The molecule has 0 spiro atoms. The van der Waals surface area contributed by atoms with Gasteiger partial charge in [0.1, 0.15) is 17.5 Å². The zero-order valence-corrected chi connectivity index (χ0v) is 13.8. The Morgan fingerprint density at radius 2 is 1.57 bits per heavy atom. The van der Waals surface area contributed by atoms with Crippen molar-refractivity contribution in [1.82, 2.24) is 0 Å². The molecule has 0 saturated heterocycles. The molecule has 0 aliphatic carbocycles. The molecule has 2 aromatic rings. The summed E-state index contributed by atoms with van der Waals surface area (Å²) >= 11 is 0. The molecule has 0 heterocycles. The first kappa shape index (κ1) is 17.7. The van der Waals surface area contributed by atoms with Crippen molar-refractivity contribution in [2.24, 2.45) is 0 Å². The highest BCUT2D eigenvalue weighted by atomic mass is 28.4. The summed E-state index contributed by atoms with van der Waals surface area (Å²) in [6, 6.07) is 10.2. The van der Waals surface area contributed by atoms with Gasteiger partial charge in [-0.1, -0.05) is 30.3 Å². The molecule has 1 atom stereocenters. The molecule has 0 aliphatic rings. The molecule has 0 N–H and O–H groups in total. The molecule has 0 saturated carbocycles. The highest BCUT2D eigenvalue weighted by Crippen LogP contribution is 2.19. The highest BCUT2D eigenvalue weighted by molar-refractivity contribution is 6.75. The van der Waals surface area contributed by atoms with Crippen molar-refractivity contribution < 1.29 is 26.4 Å². The van der Waals surface area contributed by atoms with Crippen LogP contribution in [0.2, 0.25) is 0 Å². The van der Waals surface area contributed by atoms with Crippen LogP contribution in [0.4, 0.5) is 13.2 Å². The largest absolute Gasteiger partial charge is 0.537 e. The van der Waals surface area contributed by atoms with Crippen molar-refractivity contribution in [3.63, 3.8) is 0 Å². The van der Waals surface area contributed by atoms with Crippen LogP contribution in [0.15, 0.2) is 42.5 Å². The lowest BCUT2D eigenvalue weighted by Gasteiger charge is -2.28. The predicted molar refractivity (Wildman–Crippen MR) is 81.6 cm³/mol. The molecule has 0 radical (unpaired) electrons. The molecule has 0 aromatic heterocycles. The van der Waals surface area contributed by atoms with Crippen molar-refractivity contribution in [2.45, 2.75) is 13.5 Å². The van der Waals surface area contributed by atoms with E-state index < -0.39 is 32.9 Å². The predicted octanol–water partition coefficient (Wildman–Crippen LogP) is 3.15. The van der Waals surface area contributed by atoms with Crippen LogP contribution in [-0.4, -0.2) is 22.5 Å². The first-order chi connectivity index (χ1) is 11.0. The Balaban J connectivity index is 2.29. The van der Waals surface area contributed by atoms with Crippen LogP contribution in [0.3, 0.4) is 0 Å². The Hall–Kier alpha value is -1.67. The Kier molecular flexibility index (Phi) is 5.95. The maximum absolute atomic E-state index is 13.8. The van der Waals surface area contributed by atoms with E-state index >= 15 is 0 Å². The van der Waals surface area contributed by atoms with Crippen LogP contribution in [0.5, 0.6) is 0 Å². The quantitative estimate of drug-likeness (QED) is 0.724. The zero-order chi connectivity index (χ0) is 16.9. The lowest BCUT2D eigenvalue weighted by Crippen LogP contribution is -2.56. The van der Waals surface area contributed by atoms with E-state index in [1.54, 1.807) is 31.2 Å². The summed E-state index contributed by atoms with van der Waals surface area (Å²) in [6.07, 6.45) is 0. The summed E-state index contributed by atoms with van der Waals surface area (Å²) in [5.41, 5.74) is -0.365. The summed E-state index contributed by atoms with van der Waals surface area (Å²) in [7, 11) is -1.89.